The van der Waals surface area contributed by atoms with Crippen LogP contribution in [0.1, 0.15) is 44.5 Å². The van der Waals surface area contributed by atoms with E-state index in [9.17, 15) is 14.3 Å². The van der Waals surface area contributed by atoms with Crippen molar-refractivity contribution < 1.29 is 19.0 Å². The molecule has 7 nitrogen and oxygen atoms in total. The number of rotatable bonds is 4. The number of nitrogens with one attached hydrogen (secondary N) is 1. The summed E-state index contributed by atoms with van der Waals surface area (Å²) in [6.45, 7) is 6.47. The van der Waals surface area contributed by atoms with Crippen molar-refractivity contribution in [1.82, 2.24) is 20.2 Å². The first-order valence-electron chi connectivity index (χ1n) is 10.6. The molecule has 0 aliphatic carbocycles. The first-order valence-corrected chi connectivity index (χ1v) is 10.6. The Hall–Kier alpha value is -3.26. The van der Waals surface area contributed by atoms with Gasteiger partial charge < -0.3 is 15.2 Å². The second-order valence-electron chi connectivity index (χ2n) is 8.98. The van der Waals surface area contributed by atoms with Crippen molar-refractivity contribution in [3.05, 3.63) is 65.9 Å². The molecule has 32 heavy (non-hydrogen) atoms. The highest BCUT2D eigenvalue weighted by Crippen LogP contribution is 2.39. The number of aromatic nitrogens is 2. The predicted molar refractivity (Wildman–Crippen MR) is 119 cm³/mol. The molecule has 8 heteroatoms. The van der Waals surface area contributed by atoms with Crippen LogP contribution < -0.4 is 5.32 Å². The number of benzene rings is 1. The molecule has 3 heterocycles. The number of hydrogen-bond donors (Lipinski definition) is 2. The number of ether oxygens (including phenoxy) is 1. The number of likely N-dealkylation sites (tertiary alicyclic amines) is 1. The van der Waals surface area contributed by atoms with Crippen LogP contribution in [0.4, 0.5) is 9.18 Å². The molecule has 2 atom stereocenters. The molecule has 2 N–H and O–H groups in total. The lowest BCUT2D eigenvalue weighted by Crippen LogP contribution is -2.41. The zero-order valence-electron chi connectivity index (χ0n) is 18.4. The van der Waals surface area contributed by atoms with Gasteiger partial charge in [-0.05, 0) is 45.4 Å². The average Bonchev–Trinajstić information content (AvgIpc) is 3.18. The van der Waals surface area contributed by atoms with Crippen LogP contribution in [0.2, 0.25) is 0 Å². The SMILES string of the molecule is CC(C)(C)OC(=O)NC1CCN(C(c2ccc3cccnc3c2O)c2ncccc2F)C1. The molecule has 2 unspecified atom stereocenters. The number of halogens is 1. The highest BCUT2D eigenvalue weighted by atomic mass is 19.1. The van der Waals surface area contributed by atoms with Crippen LogP contribution in [-0.2, 0) is 4.74 Å². The molecule has 1 amide bonds. The summed E-state index contributed by atoms with van der Waals surface area (Å²) < 4.78 is 20.2. The highest BCUT2D eigenvalue weighted by Gasteiger charge is 2.35. The van der Waals surface area contributed by atoms with E-state index in [1.807, 2.05) is 37.8 Å². The van der Waals surface area contributed by atoms with Gasteiger partial charge in [0.1, 0.15) is 22.7 Å². The van der Waals surface area contributed by atoms with Gasteiger partial charge in [0.2, 0.25) is 0 Å². The monoisotopic (exact) mass is 438 g/mol. The van der Waals surface area contributed by atoms with Gasteiger partial charge in [0, 0.05) is 42.5 Å². The molecule has 2 aromatic heterocycles. The average molecular weight is 439 g/mol. The van der Waals surface area contributed by atoms with Crippen LogP contribution in [0.3, 0.4) is 0 Å². The number of phenolic OH excluding ortho intramolecular Hbond substituents is 1. The number of alkyl carbamates (subject to hydrolysis) is 1. The lowest BCUT2D eigenvalue weighted by molar-refractivity contribution is 0.0505. The number of carbonyl (C=O) groups is 1. The first-order chi connectivity index (χ1) is 15.2. The molecule has 0 bridgehead atoms. The molecule has 1 fully saturated rings. The predicted octanol–water partition coefficient (Wildman–Crippen LogP) is 4.16. The van der Waals surface area contributed by atoms with Crippen LogP contribution in [0.25, 0.3) is 10.9 Å². The Balaban J connectivity index is 1.66. The molecule has 0 radical (unpaired) electrons. The molecule has 4 rings (SSSR count). The number of fused-ring (bicyclic) bond motifs is 1. The van der Waals surface area contributed by atoms with Crippen LogP contribution in [-0.4, -0.2) is 50.8 Å². The summed E-state index contributed by atoms with van der Waals surface area (Å²) in [6, 6.07) is 9.40. The second kappa shape index (κ2) is 8.70. The summed E-state index contributed by atoms with van der Waals surface area (Å²) in [5.41, 5.74) is 0.600. The van der Waals surface area contributed by atoms with E-state index >= 15 is 0 Å². The lowest BCUT2D eigenvalue weighted by atomic mass is 9.98. The standard InChI is InChI=1S/C24H27FN4O3/c1-24(2,3)32-23(31)28-16-10-13-29(14-16)21(20-18(25)7-5-12-27-20)17-9-8-15-6-4-11-26-19(15)22(17)30/h4-9,11-12,16,21,30H,10,13-14H2,1-3H3,(H,28,31). The summed E-state index contributed by atoms with van der Waals surface area (Å²) in [4.78, 5) is 22.8. The number of hydrogen-bond acceptors (Lipinski definition) is 6. The van der Waals surface area contributed by atoms with Crippen LogP contribution in [0, 0.1) is 5.82 Å². The first kappa shape index (κ1) is 22.0. The van der Waals surface area contributed by atoms with Gasteiger partial charge in [-0.15, -0.1) is 0 Å². The Labute approximate surface area is 186 Å². The Morgan fingerprint density at radius 3 is 2.72 bits per heavy atom. The Kier molecular flexibility index (Phi) is 5.97. The second-order valence-corrected chi connectivity index (χ2v) is 8.98. The zero-order chi connectivity index (χ0) is 22.9. The third kappa shape index (κ3) is 4.65. The molecule has 1 aromatic carbocycles. The van der Waals surface area contributed by atoms with Gasteiger partial charge in [0.15, 0.2) is 0 Å². The largest absolute Gasteiger partial charge is 0.505 e. The number of aromatic hydroxyl groups is 1. The summed E-state index contributed by atoms with van der Waals surface area (Å²) in [5, 5.41) is 14.7. The van der Waals surface area contributed by atoms with E-state index in [0.29, 0.717) is 30.6 Å². The molecule has 0 saturated carbocycles. The number of carbonyl (C=O) groups excluding carboxylic acids is 1. The van der Waals surface area contributed by atoms with Gasteiger partial charge in [0.05, 0.1) is 11.7 Å². The molecule has 1 aliphatic heterocycles. The van der Waals surface area contributed by atoms with Crippen molar-refractivity contribution in [1.29, 1.82) is 0 Å². The van der Waals surface area contributed by atoms with Crippen LogP contribution in [0.15, 0.2) is 48.8 Å². The number of pyridine rings is 2. The minimum atomic E-state index is -0.631. The number of phenols is 1. The topological polar surface area (TPSA) is 87.6 Å². The summed E-state index contributed by atoms with van der Waals surface area (Å²) in [6.07, 6.45) is 3.33. The van der Waals surface area contributed by atoms with Gasteiger partial charge >= 0.3 is 6.09 Å². The van der Waals surface area contributed by atoms with Crippen LogP contribution in [0.5, 0.6) is 5.75 Å². The van der Waals surface area contributed by atoms with Crippen molar-refractivity contribution in [2.45, 2.75) is 44.9 Å². The fourth-order valence-electron chi connectivity index (χ4n) is 4.10. The van der Waals surface area contributed by atoms with Crippen molar-refractivity contribution in [2.75, 3.05) is 13.1 Å². The Morgan fingerprint density at radius 2 is 1.97 bits per heavy atom. The maximum absolute atomic E-state index is 14.8. The molecule has 1 aliphatic rings. The minimum Gasteiger partial charge on any atom is -0.505 e. The summed E-state index contributed by atoms with van der Waals surface area (Å²) in [5.74, 6) is -0.455. The third-order valence-electron chi connectivity index (χ3n) is 5.43. The molecule has 168 valence electrons. The van der Waals surface area contributed by atoms with Gasteiger partial charge in [-0.1, -0.05) is 18.2 Å². The minimum absolute atomic E-state index is 0.00158. The Bertz CT molecular complexity index is 1130. The van der Waals surface area contributed by atoms with E-state index in [4.69, 9.17) is 4.74 Å². The van der Waals surface area contributed by atoms with E-state index in [2.05, 4.69) is 15.3 Å². The normalized spacial score (nSPS) is 17.9. The molecular formula is C24H27FN4O3. The Morgan fingerprint density at radius 1 is 1.22 bits per heavy atom. The van der Waals surface area contributed by atoms with E-state index in [1.165, 1.54) is 18.3 Å². The van der Waals surface area contributed by atoms with E-state index < -0.39 is 23.6 Å². The third-order valence-corrected chi connectivity index (χ3v) is 5.43. The molecular weight excluding hydrogens is 411 g/mol. The van der Waals surface area contributed by atoms with Gasteiger partial charge in [-0.3, -0.25) is 14.9 Å². The van der Waals surface area contributed by atoms with E-state index in [0.717, 1.165) is 5.39 Å². The number of nitrogens with zero attached hydrogens (tertiary/aromatic N) is 3. The van der Waals surface area contributed by atoms with Crippen molar-refractivity contribution in [3.8, 4) is 5.75 Å². The van der Waals surface area contributed by atoms with Crippen molar-refractivity contribution in [2.24, 2.45) is 0 Å². The molecule has 0 spiro atoms. The number of amides is 1. The highest BCUT2D eigenvalue weighted by molar-refractivity contribution is 5.85. The molecule has 3 aromatic rings. The van der Waals surface area contributed by atoms with Crippen LogP contribution >= 0.6 is 0 Å². The quantitative estimate of drug-likeness (QED) is 0.636. The van der Waals surface area contributed by atoms with E-state index in [-0.39, 0.29) is 17.5 Å². The fraction of sp³-hybridized carbons (Fsp3) is 0.375. The van der Waals surface area contributed by atoms with Gasteiger partial charge in [0.25, 0.3) is 0 Å². The molecule has 1 saturated heterocycles. The maximum atomic E-state index is 14.8. The lowest BCUT2D eigenvalue weighted by Gasteiger charge is -2.29. The van der Waals surface area contributed by atoms with Crippen molar-refractivity contribution >= 4 is 17.0 Å². The maximum Gasteiger partial charge on any atom is 0.407 e. The summed E-state index contributed by atoms with van der Waals surface area (Å²) >= 11 is 0. The van der Waals surface area contributed by atoms with E-state index in [1.54, 1.807) is 18.3 Å². The summed E-state index contributed by atoms with van der Waals surface area (Å²) in [7, 11) is 0. The van der Waals surface area contributed by atoms with Crippen molar-refractivity contribution in [3.63, 3.8) is 0 Å². The van der Waals surface area contributed by atoms with Gasteiger partial charge in [-0.2, -0.15) is 0 Å². The fourth-order valence-corrected chi connectivity index (χ4v) is 4.10. The smallest absolute Gasteiger partial charge is 0.407 e. The van der Waals surface area contributed by atoms with Gasteiger partial charge in [-0.25, -0.2) is 9.18 Å². The zero-order valence-corrected chi connectivity index (χ0v) is 18.4.